The molecule has 1 aliphatic rings. The van der Waals surface area contributed by atoms with Gasteiger partial charge in [-0.3, -0.25) is 9.59 Å². The Morgan fingerprint density at radius 2 is 1.87 bits per heavy atom. The molecule has 30 heavy (non-hydrogen) atoms. The second kappa shape index (κ2) is 10.1. The van der Waals surface area contributed by atoms with Crippen molar-refractivity contribution in [2.24, 2.45) is 23.0 Å². The van der Waals surface area contributed by atoms with Crippen molar-refractivity contribution in [1.82, 2.24) is 10.2 Å². The van der Waals surface area contributed by atoms with Crippen molar-refractivity contribution in [3.63, 3.8) is 0 Å². The quantitative estimate of drug-likeness (QED) is 0.645. The summed E-state index contributed by atoms with van der Waals surface area (Å²) >= 11 is 0. The highest BCUT2D eigenvalue weighted by atomic mass is 16.2. The lowest BCUT2D eigenvalue weighted by atomic mass is 9.89. The van der Waals surface area contributed by atoms with E-state index in [9.17, 15) is 9.59 Å². The molecule has 3 N–H and O–H groups in total. The van der Waals surface area contributed by atoms with E-state index < -0.39 is 0 Å². The van der Waals surface area contributed by atoms with Crippen molar-refractivity contribution in [2.75, 3.05) is 6.54 Å². The molecule has 1 aromatic rings. The molecule has 0 bridgehead atoms. The van der Waals surface area contributed by atoms with Crippen LogP contribution in [0.5, 0.6) is 0 Å². The minimum atomic E-state index is -0.296. The van der Waals surface area contributed by atoms with Crippen LogP contribution < -0.4 is 11.1 Å². The van der Waals surface area contributed by atoms with Crippen LogP contribution >= 0.6 is 0 Å². The highest BCUT2D eigenvalue weighted by molar-refractivity contribution is 5.77. The topological polar surface area (TPSA) is 75.4 Å². The van der Waals surface area contributed by atoms with Gasteiger partial charge in [-0.15, -0.1) is 0 Å². The highest BCUT2D eigenvalue weighted by Gasteiger charge is 2.38. The van der Waals surface area contributed by atoms with Gasteiger partial charge in [0.1, 0.15) is 0 Å². The van der Waals surface area contributed by atoms with E-state index >= 15 is 0 Å². The SMILES string of the molecule is C=C([C@@H](NC(=O)CC(C)(C)C)C(C)C)N1CCC(Cc2ccccc2)C1CC(N)=O. The molecule has 1 heterocycles. The molecule has 5 heteroatoms. The van der Waals surface area contributed by atoms with Crippen LogP contribution in [0.25, 0.3) is 0 Å². The van der Waals surface area contributed by atoms with Crippen molar-refractivity contribution in [1.29, 1.82) is 0 Å². The zero-order valence-electron chi connectivity index (χ0n) is 19.3. The van der Waals surface area contributed by atoms with Gasteiger partial charge in [0.2, 0.25) is 11.8 Å². The Hall–Kier alpha value is -2.30. The summed E-state index contributed by atoms with van der Waals surface area (Å²) < 4.78 is 0. The minimum absolute atomic E-state index is 0.0102. The van der Waals surface area contributed by atoms with Gasteiger partial charge >= 0.3 is 0 Å². The normalized spacial score (nSPS) is 20.3. The molecule has 0 aromatic heterocycles. The number of carbonyl (C=O) groups excluding carboxylic acids is 2. The Balaban J connectivity index is 2.17. The summed E-state index contributed by atoms with van der Waals surface area (Å²) in [6, 6.07) is 10.2. The van der Waals surface area contributed by atoms with Crippen LogP contribution in [0.15, 0.2) is 42.6 Å². The number of nitrogens with two attached hydrogens (primary N) is 1. The summed E-state index contributed by atoms with van der Waals surface area (Å²) in [6.45, 7) is 15.6. The van der Waals surface area contributed by atoms with E-state index in [1.54, 1.807) is 0 Å². The van der Waals surface area contributed by atoms with Crippen molar-refractivity contribution in [3.05, 3.63) is 48.2 Å². The largest absolute Gasteiger partial charge is 0.370 e. The third kappa shape index (κ3) is 6.89. The molecule has 1 fully saturated rings. The number of hydrogen-bond donors (Lipinski definition) is 2. The first kappa shape index (κ1) is 24.0. The molecule has 2 amide bonds. The number of nitrogens with zero attached hydrogens (tertiary/aromatic N) is 1. The summed E-state index contributed by atoms with van der Waals surface area (Å²) in [4.78, 5) is 26.7. The van der Waals surface area contributed by atoms with Crippen molar-refractivity contribution >= 4 is 11.8 Å². The van der Waals surface area contributed by atoms with Crippen molar-refractivity contribution in [2.45, 2.75) is 72.4 Å². The molecule has 1 aliphatic heterocycles. The van der Waals surface area contributed by atoms with Gasteiger partial charge < -0.3 is 16.0 Å². The smallest absolute Gasteiger partial charge is 0.221 e. The van der Waals surface area contributed by atoms with E-state index in [0.717, 1.165) is 25.1 Å². The van der Waals surface area contributed by atoms with Gasteiger partial charge in [-0.2, -0.15) is 0 Å². The van der Waals surface area contributed by atoms with Crippen LogP contribution in [0.1, 0.15) is 59.4 Å². The molecule has 3 atom stereocenters. The predicted molar refractivity (Wildman–Crippen MR) is 123 cm³/mol. The highest BCUT2D eigenvalue weighted by Crippen LogP contribution is 2.34. The molecule has 2 rings (SSSR count). The van der Waals surface area contributed by atoms with E-state index in [2.05, 4.69) is 63.5 Å². The van der Waals surface area contributed by atoms with E-state index in [0.29, 0.717) is 18.8 Å². The standard InChI is InChI=1S/C25H39N3O2/c1-17(2)24(27-23(30)16-25(4,5)6)18(3)28-13-12-20(21(28)15-22(26)29)14-19-10-8-7-9-11-19/h7-11,17,20-21,24H,3,12-16H2,1-2,4-6H3,(H2,26,29)(H,27,30)/t20?,21?,24-/m0/s1. The predicted octanol–water partition coefficient (Wildman–Crippen LogP) is 3.89. The molecule has 2 unspecified atom stereocenters. The second-order valence-electron chi connectivity index (χ2n) is 10.2. The number of rotatable bonds is 9. The number of benzene rings is 1. The van der Waals surface area contributed by atoms with Gasteiger partial charge in [0.05, 0.1) is 6.04 Å². The fraction of sp³-hybridized carbons (Fsp3) is 0.600. The van der Waals surface area contributed by atoms with Crippen molar-refractivity contribution < 1.29 is 9.59 Å². The zero-order valence-corrected chi connectivity index (χ0v) is 19.3. The first-order valence-electron chi connectivity index (χ1n) is 11.0. The maximum absolute atomic E-state index is 12.6. The van der Waals surface area contributed by atoms with E-state index in [1.165, 1.54) is 5.56 Å². The number of primary amides is 1. The number of amides is 2. The average Bonchev–Trinajstić information content (AvgIpc) is 3.00. The van der Waals surface area contributed by atoms with Gasteiger partial charge in [-0.1, -0.05) is 71.5 Å². The lowest BCUT2D eigenvalue weighted by molar-refractivity contribution is -0.124. The Morgan fingerprint density at radius 3 is 2.40 bits per heavy atom. The zero-order chi connectivity index (χ0) is 22.5. The summed E-state index contributed by atoms with van der Waals surface area (Å²) in [7, 11) is 0. The van der Waals surface area contributed by atoms with Crippen LogP contribution in [-0.2, 0) is 16.0 Å². The molecular formula is C25H39N3O2. The Bertz CT molecular complexity index is 737. The minimum Gasteiger partial charge on any atom is -0.370 e. The lowest BCUT2D eigenvalue weighted by Gasteiger charge is -2.37. The molecule has 1 aromatic carbocycles. The fourth-order valence-electron chi connectivity index (χ4n) is 4.43. The first-order chi connectivity index (χ1) is 14.0. The van der Waals surface area contributed by atoms with Gasteiger partial charge in [-0.05, 0) is 35.7 Å². The molecule has 0 aliphatic carbocycles. The monoisotopic (exact) mass is 413 g/mol. The Morgan fingerprint density at radius 1 is 1.23 bits per heavy atom. The molecule has 1 saturated heterocycles. The molecule has 0 saturated carbocycles. The molecular weight excluding hydrogens is 374 g/mol. The molecule has 5 nitrogen and oxygen atoms in total. The molecule has 0 radical (unpaired) electrons. The van der Waals surface area contributed by atoms with Crippen LogP contribution in [0.4, 0.5) is 0 Å². The maximum Gasteiger partial charge on any atom is 0.221 e. The fourth-order valence-corrected chi connectivity index (χ4v) is 4.43. The summed E-state index contributed by atoms with van der Waals surface area (Å²) in [5.41, 5.74) is 7.69. The molecule has 0 spiro atoms. The van der Waals surface area contributed by atoms with E-state index in [-0.39, 0.29) is 35.2 Å². The van der Waals surface area contributed by atoms with Crippen LogP contribution in [0.2, 0.25) is 0 Å². The number of likely N-dealkylation sites (tertiary alicyclic amines) is 1. The Labute approximate surface area is 182 Å². The maximum atomic E-state index is 12.6. The molecule has 166 valence electrons. The number of hydrogen-bond acceptors (Lipinski definition) is 3. The van der Waals surface area contributed by atoms with E-state index in [1.807, 2.05) is 18.2 Å². The van der Waals surface area contributed by atoms with Gasteiger partial charge in [0.25, 0.3) is 0 Å². The number of carbonyl (C=O) groups is 2. The average molecular weight is 414 g/mol. The summed E-state index contributed by atoms with van der Waals surface area (Å²) in [6.07, 6.45) is 2.65. The van der Waals surface area contributed by atoms with Gasteiger partial charge in [-0.25, -0.2) is 0 Å². The second-order valence-corrected chi connectivity index (χ2v) is 10.2. The van der Waals surface area contributed by atoms with E-state index in [4.69, 9.17) is 5.73 Å². The Kier molecular flexibility index (Phi) is 8.10. The third-order valence-corrected chi connectivity index (χ3v) is 5.84. The summed E-state index contributed by atoms with van der Waals surface area (Å²) in [5.74, 6) is 0.267. The number of nitrogens with one attached hydrogen (secondary N) is 1. The first-order valence-corrected chi connectivity index (χ1v) is 11.0. The third-order valence-electron chi connectivity index (χ3n) is 5.84. The van der Waals surface area contributed by atoms with Gasteiger partial charge in [0, 0.05) is 31.1 Å². The van der Waals surface area contributed by atoms with Crippen LogP contribution in [0, 0.1) is 17.3 Å². The van der Waals surface area contributed by atoms with Crippen molar-refractivity contribution in [3.8, 4) is 0 Å². The van der Waals surface area contributed by atoms with Crippen LogP contribution in [-0.4, -0.2) is 35.3 Å². The lowest BCUT2D eigenvalue weighted by Crippen LogP contribution is -2.47. The van der Waals surface area contributed by atoms with Crippen LogP contribution in [0.3, 0.4) is 0 Å². The summed E-state index contributed by atoms with van der Waals surface area (Å²) in [5, 5.41) is 3.19. The van der Waals surface area contributed by atoms with Gasteiger partial charge in [0.15, 0.2) is 0 Å².